The van der Waals surface area contributed by atoms with Gasteiger partial charge in [0.25, 0.3) is 0 Å². The average Bonchev–Trinajstić information content (AvgIpc) is 3.58. The number of rotatable bonds is 8. The highest BCUT2D eigenvalue weighted by Crippen LogP contribution is 2.40. The molecule has 3 heterocycles. The van der Waals surface area contributed by atoms with Crippen molar-refractivity contribution in [1.82, 2.24) is 9.97 Å². The van der Waals surface area contributed by atoms with Crippen LogP contribution in [0.5, 0.6) is 0 Å². The van der Waals surface area contributed by atoms with Gasteiger partial charge in [-0.15, -0.1) is 11.3 Å². The Kier molecular flexibility index (Phi) is 7.45. The molecule has 0 radical (unpaired) electrons. The molecule has 0 fully saturated rings. The molecule has 0 bridgehead atoms. The largest absolute Gasteiger partial charge is 0.310 e. The molecule has 0 spiro atoms. The predicted octanol–water partition coefficient (Wildman–Crippen LogP) is 10.8. The van der Waals surface area contributed by atoms with Crippen molar-refractivity contribution >= 4 is 45.5 Å². The standard InChI is InChI=1S/C38H28N4S/c1-3-7-31(8-4-1)41(35-21-25-39-26-22-35)33-15-11-29(12-16-33)37-19-20-38(43-37)30-13-17-34(18-14-30)42(32-9-5-2-6-10-32)36-23-27-40-28-24-36/h1-28H. The van der Waals surface area contributed by atoms with E-state index in [0.717, 1.165) is 34.1 Å². The van der Waals surface area contributed by atoms with Crippen molar-refractivity contribution in [2.24, 2.45) is 0 Å². The summed E-state index contributed by atoms with van der Waals surface area (Å²) in [6, 6.07) is 51.0. The average molecular weight is 573 g/mol. The molecule has 4 aromatic carbocycles. The van der Waals surface area contributed by atoms with Crippen molar-refractivity contribution in [3.63, 3.8) is 0 Å². The molecule has 0 saturated carbocycles. The maximum atomic E-state index is 4.21. The smallest absolute Gasteiger partial charge is 0.0492 e. The molecule has 7 aromatic rings. The normalized spacial score (nSPS) is 10.8. The SMILES string of the molecule is c1ccc(N(c2ccncc2)c2ccc(-c3ccc(-c4ccc(N(c5ccccc5)c5ccncc5)cc4)s3)cc2)cc1. The minimum absolute atomic E-state index is 1.07. The predicted molar refractivity (Wildman–Crippen MR) is 180 cm³/mol. The number of aromatic nitrogens is 2. The van der Waals surface area contributed by atoms with Crippen molar-refractivity contribution in [3.05, 3.63) is 170 Å². The maximum Gasteiger partial charge on any atom is 0.0492 e. The van der Waals surface area contributed by atoms with E-state index in [4.69, 9.17) is 0 Å². The molecule has 0 amide bonds. The third kappa shape index (κ3) is 5.67. The lowest BCUT2D eigenvalue weighted by Gasteiger charge is -2.25. The Morgan fingerprint density at radius 1 is 0.326 bits per heavy atom. The van der Waals surface area contributed by atoms with Crippen molar-refractivity contribution < 1.29 is 0 Å². The fraction of sp³-hybridized carbons (Fsp3) is 0. The van der Waals surface area contributed by atoms with E-state index in [2.05, 4.69) is 129 Å². The zero-order valence-corrected chi connectivity index (χ0v) is 24.2. The molecule has 0 N–H and O–H groups in total. The van der Waals surface area contributed by atoms with Crippen molar-refractivity contribution in [2.45, 2.75) is 0 Å². The Labute approximate surface area is 255 Å². The van der Waals surface area contributed by atoms with E-state index in [-0.39, 0.29) is 0 Å². The minimum Gasteiger partial charge on any atom is -0.310 e. The summed E-state index contributed by atoms with van der Waals surface area (Å²) in [5, 5.41) is 0. The van der Waals surface area contributed by atoms with Gasteiger partial charge >= 0.3 is 0 Å². The molecule has 0 aliphatic carbocycles. The van der Waals surface area contributed by atoms with Gasteiger partial charge in [0.2, 0.25) is 0 Å². The summed E-state index contributed by atoms with van der Waals surface area (Å²) in [7, 11) is 0. The number of pyridine rings is 2. The fourth-order valence-electron chi connectivity index (χ4n) is 5.23. The van der Waals surface area contributed by atoms with Crippen LogP contribution in [-0.4, -0.2) is 9.97 Å². The molecule has 0 aliphatic rings. The van der Waals surface area contributed by atoms with Crippen LogP contribution >= 0.6 is 11.3 Å². The highest BCUT2D eigenvalue weighted by molar-refractivity contribution is 7.18. The van der Waals surface area contributed by atoms with Crippen LogP contribution in [0.3, 0.4) is 0 Å². The molecule has 0 saturated heterocycles. The van der Waals surface area contributed by atoms with Crippen LogP contribution in [0, 0.1) is 0 Å². The van der Waals surface area contributed by atoms with E-state index in [1.54, 1.807) is 0 Å². The second-order valence-electron chi connectivity index (χ2n) is 10.0. The summed E-state index contributed by atoms with van der Waals surface area (Å²) in [5.74, 6) is 0. The molecule has 7 rings (SSSR count). The Morgan fingerprint density at radius 3 is 1.02 bits per heavy atom. The van der Waals surface area contributed by atoms with Gasteiger partial charge in [-0.3, -0.25) is 9.97 Å². The molecular weight excluding hydrogens is 545 g/mol. The third-order valence-electron chi connectivity index (χ3n) is 7.30. The Balaban J connectivity index is 1.15. The van der Waals surface area contributed by atoms with E-state index >= 15 is 0 Å². The summed E-state index contributed by atoms with van der Waals surface area (Å²) in [6.45, 7) is 0. The van der Waals surface area contributed by atoms with Gasteiger partial charge < -0.3 is 9.80 Å². The van der Waals surface area contributed by atoms with Crippen LogP contribution in [0.25, 0.3) is 20.9 Å². The Hall–Kier alpha value is -5.52. The Morgan fingerprint density at radius 2 is 0.651 bits per heavy atom. The number of thiophene rings is 1. The second-order valence-corrected chi connectivity index (χ2v) is 11.1. The highest BCUT2D eigenvalue weighted by atomic mass is 32.1. The molecule has 43 heavy (non-hydrogen) atoms. The lowest BCUT2D eigenvalue weighted by Crippen LogP contribution is -2.09. The van der Waals surface area contributed by atoms with Gasteiger partial charge in [-0.2, -0.15) is 0 Å². The number of hydrogen-bond donors (Lipinski definition) is 0. The molecule has 0 aliphatic heterocycles. The van der Waals surface area contributed by atoms with Gasteiger partial charge in [0.15, 0.2) is 0 Å². The van der Waals surface area contributed by atoms with E-state index in [1.807, 2.05) is 72.5 Å². The monoisotopic (exact) mass is 572 g/mol. The summed E-state index contributed by atoms with van der Waals surface area (Å²) < 4.78 is 0. The van der Waals surface area contributed by atoms with Crippen molar-refractivity contribution in [1.29, 1.82) is 0 Å². The summed E-state index contributed by atoms with van der Waals surface area (Å²) in [5.41, 5.74) is 8.98. The van der Waals surface area contributed by atoms with Crippen LogP contribution in [0.4, 0.5) is 34.1 Å². The van der Waals surface area contributed by atoms with Gasteiger partial charge in [-0.1, -0.05) is 60.7 Å². The molecule has 4 nitrogen and oxygen atoms in total. The lowest BCUT2D eigenvalue weighted by atomic mass is 10.1. The number of hydrogen-bond acceptors (Lipinski definition) is 5. The van der Waals surface area contributed by atoms with E-state index < -0.39 is 0 Å². The summed E-state index contributed by atoms with van der Waals surface area (Å²) in [6.07, 6.45) is 7.32. The molecule has 0 unspecified atom stereocenters. The van der Waals surface area contributed by atoms with Crippen LogP contribution in [-0.2, 0) is 0 Å². The molecule has 0 atom stereocenters. The topological polar surface area (TPSA) is 32.3 Å². The van der Waals surface area contributed by atoms with Crippen LogP contribution in [0.15, 0.2) is 170 Å². The molecule has 5 heteroatoms. The first-order chi connectivity index (χ1) is 21.3. The zero-order valence-electron chi connectivity index (χ0n) is 23.4. The molecule has 3 aromatic heterocycles. The molecule has 206 valence electrons. The van der Waals surface area contributed by atoms with Gasteiger partial charge in [0, 0.05) is 68.7 Å². The van der Waals surface area contributed by atoms with Crippen molar-refractivity contribution in [3.8, 4) is 20.9 Å². The van der Waals surface area contributed by atoms with E-state index in [1.165, 1.54) is 20.9 Å². The first kappa shape index (κ1) is 26.4. The second kappa shape index (κ2) is 12.1. The number of nitrogens with zero attached hydrogens (tertiary/aromatic N) is 4. The third-order valence-corrected chi connectivity index (χ3v) is 8.48. The minimum atomic E-state index is 1.07. The quantitative estimate of drug-likeness (QED) is 0.181. The summed E-state index contributed by atoms with van der Waals surface area (Å²) >= 11 is 1.81. The molecular formula is C38H28N4S. The van der Waals surface area contributed by atoms with Crippen LogP contribution < -0.4 is 9.80 Å². The Bertz CT molecular complexity index is 1670. The van der Waals surface area contributed by atoms with Gasteiger partial charge in [0.1, 0.15) is 0 Å². The summed E-state index contributed by atoms with van der Waals surface area (Å²) in [4.78, 5) is 15.4. The van der Waals surface area contributed by atoms with Gasteiger partial charge in [-0.05, 0) is 96.1 Å². The number of benzene rings is 4. The first-order valence-corrected chi connectivity index (χ1v) is 15.0. The van der Waals surface area contributed by atoms with Crippen molar-refractivity contribution in [2.75, 3.05) is 9.80 Å². The first-order valence-electron chi connectivity index (χ1n) is 14.1. The van der Waals surface area contributed by atoms with Crippen LogP contribution in [0.1, 0.15) is 0 Å². The fourth-order valence-corrected chi connectivity index (χ4v) is 6.25. The van der Waals surface area contributed by atoms with Gasteiger partial charge in [-0.25, -0.2) is 0 Å². The van der Waals surface area contributed by atoms with Gasteiger partial charge in [0.05, 0.1) is 0 Å². The zero-order chi connectivity index (χ0) is 28.8. The van der Waals surface area contributed by atoms with Crippen LogP contribution in [0.2, 0.25) is 0 Å². The lowest BCUT2D eigenvalue weighted by molar-refractivity contribution is 1.24. The van der Waals surface area contributed by atoms with E-state index in [0.29, 0.717) is 0 Å². The maximum absolute atomic E-state index is 4.21. The number of para-hydroxylation sites is 2. The van der Waals surface area contributed by atoms with E-state index in [9.17, 15) is 0 Å². The highest BCUT2D eigenvalue weighted by Gasteiger charge is 2.14. The number of anilines is 6.